The van der Waals surface area contributed by atoms with Crippen LogP contribution in [0.15, 0.2) is 36.5 Å². The van der Waals surface area contributed by atoms with Gasteiger partial charge in [-0.1, -0.05) is 0 Å². The summed E-state index contributed by atoms with van der Waals surface area (Å²) in [6.07, 6.45) is 2.50. The maximum atomic E-state index is 12.5. The number of aromatic nitrogens is 1. The first-order chi connectivity index (χ1) is 11.8. The Morgan fingerprint density at radius 1 is 1.16 bits per heavy atom. The van der Waals surface area contributed by atoms with Crippen LogP contribution in [0.25, 0.3) is 0 Å². The van der Waals surface area contributed by atoms with Crippen LogP contribution in [0.5, 0.6) is 11.5 Å². The first-order valence-corrected chi connectivity index (χ1v) is 9.14. The number of ether oxygens (including phenoxy) is 2. The van der Waals surface area contributed by atoms with Crippen molar-refractivity contribution in [3.63, 3.8) is 0 Å². The van der Waals surface area contributed by atoms with E-state index in [-0.39, 0.29) is 12.5 Å². The number of pyridine rings is 1. The highest BCUT2D eigenvalue weighted by Crippen LogP contribution is 2.29. The van der Waals surface area contributed by atoms with Gasteiger partial charge in [-0.15, -0.1) is 0 Å². The van der Waals surface area contributed by atoms with Gasteiger partial charge in [-0.25, -0.2) is 13.1 Å². The lowest BCUT2D eigenvalue weighted by atomic mass is 10.2. The fraction of sp³-hybridized carbons (Fsp3) is 0.250. The van der Waals surface area contributed by atoms with Crippen LogP contribution in [-0.4, -0.2) is 39.8 Å². The molecule has 2 aromatic rings. The number of carbonyl (C=O) groups excluding carboxylic acids is 1. The maximum Gasteiger partial charge on any atom is 0.255 e. The fourth-order valence-corrected chi connectivity index (χ4v) is 2.44. The van der Waals surface area contributed by atoms with Crippen molar-refractivity contribution in [2.75, 3.05) is 25.8 Å². The molecule has 25 heavy (non-hydrogen) atoms. The molecule has 0 aliphatic heterocycles. The molecule has 2 rings (SSSR count). The van der Waals surface area contributed by atoms with E-state index in [2.05, 4.69) is 15.0 Å². The predicted octanol–water partition coefficient (Wildman–Crippen LogP) is 1.40. The monoisotopic (exact) mass is 365 g/mol. The molecular weight excluding hydrogens is 346 g/mol. The average Bonchev–Trinajstić information content (AvgIpc) is 2.59. The second-order valence-corrected chi connectivity index (χ2v) is 6.98. The zero-order valence-corrected chi connectivity index (χ0v) is 14.9. The van der Waals surface area contributed by atoms with Gasteiger partial charge in [0, 0.05) is 17.8 Å². The summed E-state index contributed by atoms with van der Waals surface area (Å²) in [5.74, 6) is 0.681. The molecule has 9 heteroatoms. The number of hydrogen-bond acceptors (Lipinski definition) is 6. The summed E-state index contributed by atoms with van der Waals surface area (Å²) in [4.78, 5) is 16.5. The van der Waals surface area contributed by atoms with Gasteiger partial charge < -0.3 is 14.8 Å². The molecule has 0 aliphatic carbocycles. The molecule has 0 bridgehead atoms. The molecule has 1 amide bonds. The Kier molecular flexibility index (Phi) is 5.94. The van der Waals surface area contributed by atoms with Gasteiger partial charge in [-0.2, -0.15) is 0 Å². The van der Waals surface area contributed by atoms with Crippen molar-refractivity contribution in [3.05, 3.63) is 47.8 Å². The van der Waals surface area contributed by atoms with Gasteiger partial charge in [0.15, 0.2) is 0 Å². The van der Waals surface area contributed by atoms with Crippen molar-refractivity contribution in [1.29, 1.82) is 0 Å². The number of hydrogen-bond donors (Lipinski definition) is 2. The standard InChI is InChI=1S/C16H19N3O5S/c1-23-13-4-5-15(24-2)14(9-13)19-16(20)11-6-7-17-12(8-11)10-18-25(3,21)22/h4-9,18H,10H2,1-3H3,(H,19,20). The zero-order valence-electron chi connectivity index (χ0n) is 14.1. The number of anilines is 1. The van der Waals surface area contributed by atoms with Gasteiger partial charge in [-0.05, 0) is 24.3 Å². The minimum absolute atomic E-state index is 0.00241. The second-order valence-electron chi connectivity index (χ2n) is 5.15. The first-order valence-electron chi connectivity index (χ1n) is 7.25. The minimum atomic E-state index is -3.34. The Morgan fingerprint density at radius 3 is 2.56 bits per heavy atom. The zero-order chi connectivity index (χ0) is 18.4. The smallest absolute Gasteiger partial charge is 0.255 e. The van der Waals surface area contributed by atoms with Crippen LogP contribution >= 0.6 is 0 Å². The molecule has 1 heterocycles. The highest BCUT2D eigenvalue weighted by Gasteiger charge is 2.12. The summed E-state index contributed by atoms with van der Waals surface area (Å²) in [6, 6.07) is 8.09. The molecule has 0 saturated carbocycles. The Labute approximate surface area is 146 Å². The van der Waals surface area contributed by atoms with E-state index in [1.165, 1.54) is 32.5 Å². The van der Waals surface area contributed by atoms with Gasteiger partial charge in [0.05, 0.1) is 38.4 Å². The van der Waals surface area contributed by atoms with Crippen LogP contribution in [0, 0.1) is 0 Å². The average molecular weight is 365 g/mol. The second kappa shape index (κ2) is 7.95. The molecular formula is C16H19N3O5S. The highest BCUT2D eigenvalue weighted by atomic mass is 32.2. The first kappa shape index (κ1) is 18.7. The number of methoxy groups -OCH3 is 2. The summed E-state index contributed by atoms with van der Waals surface area (Å²) >= 11 is 0. The van der Waals surface area contributed by atoms with Gasteiger partial charge >= 0.3 is 0 Å². The van der Waals surface area contributed by atoms with E-state index in [1.54, 1.807) is 18.2 Å². The summed E-state index contributed by atoms with van der Waals surface area (Å²) in [5, 5.41) is 2.74. The van der Waals surface area contributed by atoms with Crippen molar-refractivity contribution < 1.29 is 22.7 Å². The normalized spacial score (nSPS) is 11.0. The number of nitrogens with one attached hydrogen (secondary N) is 2. The molecule has 134 valence electrons. The number of benzene rings is 1. The lowest BCUT2D eigenvalue weighted by molar-refractivity contribution is 0.102. The molecule has 0 atom stereocenters. The van der Waals surface area contributed by atoms with Gasteiger partial charge in [0.2, 0.25) is 10.0 Å². The molecule has 0 radical (unpaired) electrons. The van der Waals surface area contributed by atoms with Gasteiger partial charge in [-0.3, -0.25) is 9.78 Å². The van der Waals surface area contributed by atoms with Crippen molar-refractivity contribution in [1.82, 2.24) is 9.71 Å². The molecule has 0 saturated heterocycles. The quantitative estimate of drug-likeness (QED) is 0.768. The molecule has 8 nitrogen and oxygen atoms in total. The number of sulfonamides is 1. The third kappa shape index (κ3) is 5.44. The molecule has 0 spiro atoms. The van der Waals surface area contributed by atoms with Crippen LogP contribution in [0.4, 0.5) is 5.69 Å². The van der Waals surface area contributed by atoms with Crippen LogP contribution in [0.1, 0.15) is 16.1 Å². The molecule has 1 aromatic carbocycles. The third-order valence-corrected chi connectivity index (χ3v) is 3.92. The predicted molar refractivity (Wildman–Crippen MR) is 93.4 cm³/mol. The van der Waals surface area contributed by atoms with Crippen molar-refractivity contribution in [2.24, 2.45) is 0 Å². The SMILES string of the molecule is COc1ccc(OC)c(NC(=O)c2ccnc(CNS(C)(=O)=O)c2)c1. The Bertz CT molecular complexity index is 868. The van der Waals surface area contributed by atoms with Crippen LogP contribution in [0.2, 0.25) is 0 Å². The molecule has 1 aromatic heterocycles. The third-order valence-electron chi connectivity index (χ3n) is 3.25. The number of rotatable bonds is 7. The van der Waals surface area contributed by atoms with E-state index < -0.39 is 10.0 Å². The lowest BCUT2D eigenvalue weighted by Gasteiger charge is -2.12. The summed E-state index contributed by atoms with van der Waals surface area (Å²) in [6.45, 7) is 0.00241. The summed E-state index contributed by atoms with van der Waals surface area (Å²) in [7, 11) is -0.318. The highest BCUT2D eigenvalue weighted by molar-refractivity contribution is 7.88. The van der Waals surface area contributed by atoms with Crippen molar-refractivity contribution >= 4 is 21.6 Å². The van der Waals surface area contributed by atoms with E-state index in [9.17, 15) is 13.2 Å². The van der Waals surface area contributed by atoms with Crippen LogP contribution in [-0.2, 0) is 16.6 Å². The topological polar surface area (TPSA) is 107 Å². The van der Waals surface area contributed by atoms with Crippen molar-refractivity contribution in [2.45, 2.75) is 6.54 Å². The van der Waals surface area contributed by atoms with E-state index in [1.807, 2.05) is 0 Å². The molecule has 0 unspecified atom stereocenters. The Balaban J connectivity index is 2.18. The van der Waals surface area contributed by atoms with Crippen molar-refractivity contribution in [3.8, 4) is 11.5 Å². The molecule has 0 aliphatic rings. The Morgan fingerprint density at radius 2 is 1.92 bits per heavy atom. The number of carbonyl (C=O) groups is 1. The number of amides is 1. The molecule has 2 N–H and O–H groups in total. The van der Waals surface area contributed by atoms with Gasteiger partial charge in [0.25, 0.3) is 5.91 Å². The summed E-state index contributed by atoms with van der Waals surface area (Å²) < 4.78 is 35.0. The molecule has 0 fully saturated rings. The largest absolute Gasteiger partial charge is 0.497 e. The minimum Gasteiger partial charge on any atom is -0.497 e. The lowest BCUT2D eigenvalue weighted by Crippen LogP contribution is -2.22. The van der Waals surface area contributed by atoms with E-state index in [4.69, 9.17) is 9.47 Å². The summed E-state index contributed by atoms with van der Waals surface area (Å²) in [5.41, 5.74) is 1.22. The Hall–Kier alpha value is -2.65. The van der Waals surface area contributed by atoms with E-state index in [0.717, 1.165) is 6.26 Å². The van der Waals surface area contributed by atoms with E-state index in [0.29, 0.717) is 28.4 Å². The maximum absolute atomic E-state index is 12.5. The fourth-order valence-electron chi connectivity index (χ4n) is 2.03. The van der Waals surface area contributed by atoms with Crippen LogP contribution in [0.3, 0.4) is 0 Å². The van der Waals surface area contributed by atoms with Crippen LogP contribution < -0.4 is 19.5 Å². The number of nitrogens with zero attached hydrogens (tertiary/aromatic N) is 1. The van der Waals surface area contributed by atoms with E-state index >= 15 is 0 Å². The van der Waals surface area contributed by atoms with Gasteiger partial charge in [0.1, 0.15) is 11.5 Å².